The van der Waals surface area contributed by atoms with E-state index in [-0.39, 0.29) is 3.57 Å². The second-order valence-electron chi connectivity index (χ2n) is 2.95. The average Bonchev–Trinajstić information content (AvgIpc) is 2.07. The van der Waals surface area contributed by atoms with Crippen molar-refractivity contribution in [3.8, 4) is 5.75 Å². The Hall–Kier alpha value is -0.740. The maximum absolute atomic E-state index is 12.3. The van der Waals surface area contributed by atoms with E-state index in [1.54, 1.807) is 0 Å². The molecule has 0 unspecified atom stereocenters. The number of ether oxygens (including phenoxy) is 1. The van der Waals surface area contributed by atoms with Crippen LogP contribution < -0.4 is 4.74 Å². The zero-order chi connectivity index (χ0) is 13.4. The minimum atomic E-state index is -4.97. The number of rotatable bonds is 1. The molecule has 0 amide bonds. The van der Waals surface area contributed by atoms with Crippen LogP contribution in [-0.2, 0) is 6.18 Å². The molecule has 0 spiro atoms. The van der Waals surface area contributed by atoms with E-state index < -0.39 is 29.7 Å². The van der Waals surface area contributed by atoms with Crippen LogP contribution in [-0.4, -0.2) is 11.3 Å². The van der Waals surface area contributed by atoms with Gasteiger partial charge in [-0.25, -0.2) is 4.98 Å². The van der Waals surface area contributed by atoms with E-state index in [0.29, 0.717) is 6.07 Å². The monoisotopic (exact) mass is 371 g/mol. The second-order valence-corrected chi connectivity index (χ2v) is 4.11. The van der Waals surface area contributed by atoms with Crippen molar-refractivity contribution in [3.05, 3.63) is 21.0 Å². The SMILES string of the molecule is Cc1nc(C(F)(F)F)cc(I)c1OC(F)(F)F. The van der Waals surface area contributed by atoms with Crippen molar-refractivity contribution in [2.24, 2.45) is 0 Å². The summed E-state index contributed by atoms with van der Waals surface area (Å²) in [7, 11) is 0. The van der Waals surface area contributed by atoms with Crippen molar-refractivity contribution in [1.29, 1.82) is 0 Å². The summed E-state index contributed by atoms with van der Waals surface area (Å²) in [5.41, 5.74) is -1.73. The Bertz CT molecular complexity index is 404. The van der Waals surface area contributed by atoms with E-state index >= 15 is 0 Å². The summed E-state index contributed by atoms with van der Waals surface area (Å²) in [6.07, 6.45) is -9.67. The van der Waals surface area contributed by atoms with Crippen molar-refractivity contribution in [3.63, 3.8) is 0 Å². The maximum atomic E-state index is 12.3. The number of halogens is 7. The zero-order valence-electron chi connectivity index (χ0n) is 8.08. The van der Waals surface area contributed by atoms with Crippen molar-refractivity contribution >= 4 is 22.6 Å². The lowest BCUT2D eigenvalue weighted by molar-refractivity contribution is -0.275. The quantitative estimate of drug-likeness (QED) is 0.552. The van der Waals surface area contributed by atoms with Crippen LogP contribution in [0.2, 0.25) is 0 Å². The van der Waals surface area contributed by atoms with Gasteiger partial charge < -0.3 is 4.74 Å². The maximum Gasteiger partial charge on any atom is 0.573 e. The molecule has 1 aromatic rings. The van der Waals surface area contributed by atoms with E-state index in [1.807, 2.05) is 0 Å². The first-order chi connectivity index (χ1) is 7.50. The van der Waals surface area contributed by atoms with Gasteiger partial charge in [-0.2, -0.15) is 13.2 Å². The predicted molar refractivity (Wildman–Crippen MR) is 53.4 cm³/mol. The van der Waals surface area contributed by atoms with Crippen LogP contribution in [0.5, 0.6) is 5.75 Å². The highest BCUT2D eigenvalue weighted by Gasteiger charge is 2.36. The van der Waals surface area contributed by atoms with Gasteiger partial charge in [-0.05, 0) is 35.6 Å². The van der Waals surface area contributed by atoms with E-state index in [1.165, 1.54) is 22.6 Å². The number of hydrogen-bond donors (Lipinski definition) is 0. The molecule has 0 aromatic carbocycles. The molecule has 0 saturated carbocycles. The Morgan fingerprint density at radius 1 is 1.18 bits per heavy atom. The summed E-state index contributed by atoms with van der Waals surface area (Å²) in [5, 5.41) is 0. The third kappa shape index (κ3) is 3.89. The van der Waals surface area contributed by atoms with Crippen molar-refractivity contribution < 1.29 is 31.1 Å². The highest BCUT2D eigenvalue weighted by atomic mass is 127. The fourth-order valence-corrected chi connectivity index (χ4v) is 1.80. The Morgan fingerprint density at radius 3 is 2.06 bits per heavy atom. The molecule has 1 rings (SSSR count). The van der Waals surface area contributed by atoms with Crippen LogP contribution in [0.25, 0.3) is 0 Å². The summed E-state index contributed by atoms with van der Waals surface area (Å²) in [5.74, 6) is -0.717. The van der Waals surface area contributed by atoms with E-state index in [9.17, 15) is 26.3 Å². The number of alkyl halides is 6. The fraction of sp³-hybridized carbons (Fsp3) is 0.375. The topological polar surface area (TPSA) is 22.1 Å². The van der Waals surface area contributed by atoms with Gasteiger partial charge in [-0.15, -0.1) is 13.2 Å². The van der Waals surface area contributed by atoms with E-state index in [0.717, 1.165) is 6.92 Å². The Balaban J connectivity index is 3.20. The molecule has 96 valence electrons. The Kier molecular flexibility index (Phi) is 3.79. The number of aryl methyl sites for hydroxylation is 1. The van der Waals surface area contributed by atoms with Crippen LogP contribution >= 0.6 is 22.6 Å². The molecule has 1 heterocycles. The van der Waals surface area contributed by atoms with E-state index in [2.05, 4.69) is 9.72 Å². The van der Waals surface area contributed by atoms with Crippen LogP contribution in [0, 0.1) is 10.5 Å². The van der Waals surface area contributed by atoms with Gasteiger partial charge in [0.25, 0.3) is 0 Å². The van der Waals surface area contributed by atoms with Gasteiger partial charge in [0.05, 0.1) is 9.26 Å². The molecular formula is C8H4F6INO. The van der Waals surface area contributed by atoms with Crippen LogP contribution in [0.3, 0.4) is 0 Å². The highest BCUT2D eigenvalue weighted by molar-refractivity contribution is 14.1. The highest BCUT2D eigenvalue weighted by Crippen LogP contribution is 2.35. The summed E-state index contributed by atoms with van der Waals surface area (Å²) < 4.78 is 76.0. The number of aromatic nitrogens is 1. The minimum absolute atomic E-state index is 0.306. The molecular weight excluding hydrogens is 367 g/mol. The summed E-state index contributed by atoms with van der Waals surface area (Å²) in [6, 6.07) is 0.495. The van der Waals surface area contributed by atoms with Crippen LogP contribution in [0.1, 0.15) is 11.4 Å². The third-order valence-electron chi connectivity index (χ3n) is 1.61. The molecule has 0 fully saturated rings. The van der Waals surface area contributed by atoms with Gasteiger partial charge >= 0.3 is 12.5 Å². The Morgan fingerprint density at radius 2 is 1.71 bits per heavy atom. The van der Waals surface area contributed by atoms with E-state index in [4.69, 9.17) is 0 Å². The molecule has 0 radical (unpaired) electrons. The largest absolute Gasteiger partial charge is 0.573 e. The van der Waals surface area contributed by atoms with Gasteiger partial charge in [0.1, 0.15) is 5.69 Å². The Labute approximate surface area is 105 Å². The van der Waals surface area contributed by atoms with Gasteiger partial charge in [0.15, 0.2) is 5.75 Å². The molecule has 0 aliphatic carbocycles. The first-order valence-electron chi connectivity index (χ1n) is 4.01. The zero-order valence-corrected chi connectivity index (χ0v) is 10.2. The second kappa shape index (κ2) is 4.50. The first kappa shape index (κ1) is 14.3. The third-order valence-corrected chi connectivity index (χ3v) is 2.41. The lowest BCUT2D eigenvalue weighted by atomic mass is 10.3. The number of pyridine rings is 1. The van der Waals surface area contributed by atoms with Crippen LogP contribution in [0.4, 0.5) is 26.3 Å². The molecule has 9 heteroatoms. The number of nitrogens with zero attached hydrogens (tertiary/aromatic N) is 1. The molecule has 0 aliphatic rings. The van der Waals surface area contributed by atoms with Crippen molar-refractivity contribution in [2.75, 3.05) is 0 Å². The molecule has 0 bridgehead atoms. The average molecular weight is 371 g/mol. The summed E-state index contributed by atoms with van der Waals surface area (Å²) >= 11 is 1.33. The number of hydrogen-bond acceptors (Lipinski definition) is 2. The summed E-state index contributed by atoms with van der Waals surface area (Å²) in [4.78, 5) is 3.03. The molecule has 2 nitrogen and oxygen atoms in total. The lowest BCUT2D eigenvalue weighted by Crippen LogP contribution is -2.20. The molecule has 0 saturated heterocycles. The molecule has 0 aliphatic heterocycles. The van der Waals surface area contributed by atoms with Gasteiger partial charge in [-0.3, -0.25) is 0 Å². The first-order valence-corrected chi connectivity index (χ1v) is 5.08. The fourth-order valence-electron chi connectivity index (χ4n) is 1.01. The standard InChI is InChI=1S/C8H4F6INO/c1-3-6(17-8(12,13)14)4(15)2-5(16-3)7(9,10)11/h2H,1H3. The molecule has 0 atom stereocenters. The minimum Gasteiger partial charge on any atom is -0.403 e. The van der Waals surface area contributed by atoms with Crippen molar-refractivity contribution in [2.45, 2.75) is 19.5 Å². The molecule has 1 aromatic heterocycles. The lowest BCUT2D eigenvalue weighted by Gasteiger charge is -2.14. The molecule has 0 N–H and O–H groups in total. The smallest absolute Gasteiger partial charge is 0.403 e. The van der Waals surface area contributed by atoms with Crippen LogP contribution in [0.15, 0.2) is 6.07 Å². The van der Waals surface area contributed by atoms with Crippen molar-refractivity contribution in [1.82, 2.24) is 4.98 Å². The normalized spacial score (nSPS) is 12.7. The van der Waals surface area contributed by atoms with Gasteiger partial charge in [-0.1, -0.05) is 0 Å². The molecule has 17 heavy (non-hydrogen) atoms. The predicted octanol–water partition coefficient (Wildman–Crippen LogP) is 3.91. The van der Waals surface area contributed by atoms with Gasteiger partial charge in [0, 0.05) is 0 Å². The van der Waals surface area contributed by atoms with Gasteiger partial charge in [0.2, 0.25) is 0 Å². The summed E-state index contributed by atoms with van der Waals surface area (Å²) in [6.45, 7) is 1.01.